The van der Waals surface area contributed by atoms with Crippen LogP contribution in [0.4, 0.5) is 9.59 Å². The van der Waals surface area contributed by atoms with E-state index >= 15 is 0 Å². The summed E-state index contributed by atoms with van der Waals surface area (Å²) in [7, 11) is 0. The molecule has 2 rings (SSSR count). The molecule has 0 spiro atoms. The standard InChI is InChI=1S/C25H33N3O6/c1-25(2,3)34-23(31)27-20(14-15-29)21(22(26)30)28(16-18-10-6-4-7-11-18)24(32)33-17-19-12-8-5-9-13-19/h4-13,20-21,29H,14-17H2,1-3H3,(H2,26,30)(H,27,31)/t20-,21-/m0/s1. The van der Waals surface area contributed by atoms with Gasteiger partial charge in [-0.15, -0.1) is 0 Å². The van der Waals surface area contributed by atoms with Gasteiger partial charge in [-0.05, 0) is 38.3 Å². The number of rotatable bonds is 10. The number of carbonyl (C=O) groups is 3. The lowest BCUT2D eigenvalue weighted by Crippen LogP contribution is -2.59. The zero-order valence-corrected chi connectivity index (χ0v) is 19.8. The highest BCUT2D eigenvalue weighted by atomic mass is 16.6. The minimum absolute atomic E-state index is 0.00000327. The molecule has 0 aliphatic heterocycles. The average molecular weight is 472 g/mol. The first-order valence-corrected chi connectivity index (χ1v) is 11.0. The minimum atomic E-state index is -1.30. The first-order valence-electron chi connectivity index (χ1n) is 11.0. The Morgan fingerprint density at radius 2 is 1.56 bits per heavy atom. The number of nitrogens with two attached hydrogens (primary N) is 1. The maximum atomic E-state index is 13.2. The van der Waals surface area contributed by atoms with E-state index in [0.29, 0.717) is 0 Å². The van der Waals surface area contributed by atoms with Gasteiger partial charge in [0.25, 0.3) is 0 Å². The molecule has 3 amide bonds. The van der Waals surface area contributed by atoms with Gasteiger partial charge in [-0.25, -0.2) is 9.59 Å². The summed E-state index contributed by atoms with van der Waals surface area (Å²) in [6.07, 6.45) is -1.62. The van der Waals surface area contributed by atoms with Gasteiger partial charge < -0.3 is 25.6 Å². The zero-order valence-electron chi connectivity index (χ0n) is 19.8. The number of hydrogen-bond donors (Lipinski definition) is 3. The van der Waals surface area contributed by atoms with Crippen molar-refractivity contribution >= 4 is 18.1 Å². The molecular weight excluding hydrogens is 438 g/mol. The van der Waals surface area contributed by atoms with E-state index in [1.807, 2.05) is 24.3 Å². The van der Waals surface area contributed by atoms with Gasteiger partial charge in [-0.2, -0.15) is 0 Å². The van der Waals surface area contributed by atoms with Gasteiger partial charge in [0.2, 0.25) is 5.91 Å². The Bertz CT molecular complexity index is 931. The molecule has 0 aromatic heterocycles. The van der Waals surface area contributed by atoms with Crippen LogP contribution in [0, 0.1) is 0 Å². The summed E-state index contributed by atoms with van der Waals surface area (Å²) in [4.78, 5) is 39.4. The third-order valence-electron chi connectivity index (χ3n) is 4.79. The van der Waals surface area contributed by atoms with Crippen molar-refractivity contribution in [3.63, 3.8) is 0 Å². The number of hydrogen-bond acceptors (Lipinski definition) is 6. The van der Waals surface area contributed by atoms with Crippen molar-refractivity contribution in [3.8, 4) is 0 Å². The van der Waals surface area contributed by atoms with Crippen LogP contribution in [-0.4, -0.2) is 52.4 Å². The van der Waals surface area contributed by atoms with Crippen molar-refractivity contribution in [2.75, 3.05) is 6.61 Å². The Labute approximate surface area is 199 Å². The van der Waals surface area contributed by atoms with Crippen LogP contribution in [-0.2, 0) is 27.4 Å². The van der Waals surface area contributed by atoms with Crippen LogP contribution >= 0.6 is 0 Å². The van der Waals surface area contributed by atoms with E-state index < -0.39 is 35.8 Å². The molecule has 0 saturated carbocycles. The Hall–Kier alpha value is -3.59. The van der Waals surface area contributed by atoms with Gasteiger partial charge in [0.1, 0.15) is 18.2 Å². The molecule has 9 nitrogen and oxygen atoms in total. The van der Waals surface area contributed by atoms with E-state index in [0.717, 1.165) is 16.0 Å². The van der Waals surface area contributed by atoms with Crippen LogP contribution in [0.15, 0.2) is 60.7 Å². The number of nitrogens with one attached hydrogen (secondary N) is 1. The van der Waals surface area contributed by atoms with Crippen molar-refractivity contribution in [2.45, 2.75) is 58.0 Å². The predicted octanol–water partition coefficient (Wildman–Crippen LogP) is 2.96. The highest BCUT2D eigenvalue weighted by Crippen LogP contribution is 2.17. The summed E-state index contributed by atoms with van der Waals surface area (Å²) in [5, 5.41) is 12.2. The fraction of sp³-hybridized carbons (Fsp3) is 0.400. The van der Waals surface area contributed by atoms with Gasteiger partial charge in [0.05, 0.1) is 6.04 Å². The average Bonchev–Trinajstić information content (AvgIpc) is 2.77. The van der Waals surface area contributed by atoms with Crippen LogP contribution in [0.2, 0.25) is 0 Å². The number of benzene rings is 2. The van der Waals surface area contributed by atoms with E-state index in [2.05, 4.69) is 5.32 Å². The van der Waals surface area contributed by atoms with E-state index in [1.54, 1.807) is 57.2 Å². The van der Waals surface area contributed by atoms with E-state index in [9.17, 15) is 19.5 Å². The van der Waals surface area contributed by atoms with Gasteiger partial charge in [0, 0.05) is 13.2 Å². The lowest BCUT2D eigenvalue weighted by molar-refractivity contribution is -0.124. The van der Waals surface area contributed by atoms with Gasteiger partial charge in [-0.1, -0.05) is 60.7 Å². The molecule has 0 aliphatic rings. The van der Waals surface area contributed by atoms with Gasteiger partial charge >= 0.3 is 12.2 Å². The monoisotopic (exact) mass is 471 g/mol. The summed E-state index contributed by atoms with van der Waals surface area (Å²) in [5.74, 6) is -0.859. The van der Waals surface area contributed by atoms with Crippen molar-refractivity contribution in [2.24, 2.45) is 5.73 Å². The summed E-state index contributed by atoms with van der Waals surface area (Å²) in [6, 6.07) is 15.8. The second-order valence-electron chi connectivity index (χ2n) is 8.77. The lowest BCUT2D eigenvalue weighted by Gasteiger charge is -2.35. The largest absolute Gasteiger partial charge is 0.445 e. The molecule has 0 unspecified atom stereocenters. The van der Waals surface area contributed by atoms with Crippen LogP contribution in [0.3, 0.4) is 0 Å². The molecule has 0 aliphatic carbocycles. The maximum absolute atomic E-state index is 13.2. The normalized spacial score (nSPS) is 12.8. The summed E-state index contributed by atoms with van der Waals surface area (Å²) < 4.78 is 10.8. The SMILES string of the molecule is CC(C)(C)OC(=O)N[C@@H](CCO)[C@@H](C(N)=O)N(Cc1ccccc1)C(=O)OCc1ccccc1. The number of primary amides is 1. The molecule has 2 atom stereocenters. The number of alkyl carbamates (subject to hydrolysis) is 1. The molecule has 0 fully saturated rings. The molecular formula is C25H33N3O6. The molecule has 0 saturated heterocycles. The molecule has 2 aromatic rings. The lowest BCUT2D eigenvalue weighted by atomic mass is 10.0. The van der Waals surface area contributed by atoms with Crippen LogP contribution < -0.4 is 11.1 Å². The van der Waals surface area contributed by atoms with Gasteiger partial charge in [-0.3, -0.25) is 9.69 Å². The smallest absolute Gasteiger partial charge is 0.411 e. The number of ether oxygens (including phenoxy) is 2. The number of nitrogens with zero attached hydrogens (tertiary/aromatic N) is 1. The van der Waals surface area contributed by atoms with Crippen LogP contribution in [0.1, 0.15) is 38.3 Å². The van der Waals surface area contributed by atoms with E-state index in [4.69, 9.17) is 15.2 Å². The van der Waals surface area contributed by atoms with Crippen molar-refractivity contribution in [1.82, 2.24) is 10.2 Å². The number of carbonyl (C=O) groups excluding carboxylic acids is 3. The van der Waals surface area contributed by atoms with E-state index in [1.165, 1.54) is 0 Å². The highest BCUT2D eigenvalue weighted by Gasteiger charge is 2.37. The molecule has 0 radical (unpaired) electrons. The summed E-state index contributed by atoms with van der Waals surface area (Å²) in [6.45, 7) is 4.72. The number of amides is 3. The van der Waals surface area contributed by atoms with Crippen molar-refractivity contribution < 1.29 is 29.0 Å². The fourth-order valence-electron chi connectivity index (χ4n) is 3.33. The summed E-state index contributed by atoms with van der Waals surface area (Å²) in [5.41, 5.74) is 6.42. The molecule has 184 valence electrons. The first kappa shape index (κ1) is 26.7. The topological polar surface area (TPSA) is 131 Å². The van der Waals surface area contributed by atoms with Crippen LogP contribution in [0.5, 0.6) is 0 Å². The van der Waals surface area contributed by atoms with Crippen molar-refractivity contribution in [1.29, 1.82) is 0 Å². The molecule has 4 N–H and O–H groups in total. The second-order valence-corrected chi connectivity index (χ2v) is 8.77. The Morgan fingerprint density at radius 3 is 2.06 bits per heavy atom. The summed E-state index contributed by atoms with van der Waals surface area (Å²) >= 11 is 0. The maximum Gasteiger partial charge on any atom is 0.411 e. The quantitative estimate of drug-likeness (QED) is 0.488. The van der Waals surface area contributed by atoms with E-state index in [-0.39, 0.29) is 26.2 Å². The third-order valence-corrected chi connectivity index (χ3v) is 4.79. The Morgan fingerprint density at radius 1 is 1.00 bits per heavy atom. The highest BCUT2D eigenvalue weighted by molar-refractivity contribution is 5.86. The Kier molecular flexibility index (Phi) is 9.88. The molecule has 2 aromatic carbocycles. The molecule has 34 heavy (non-hydrogen) atoms. The molecule has 0 heterocycles. The van der Waals surface area contributed by atoms with Crippen molar-refractivity contribution in [3.05, 3.63) is 71.8 Å². The predicted molar refractivity (Wildman–Crippen MR) is 126 cm³/mol. The molecule has 0 bridgehead atoms. The fourth-order valence-corrected chi connectivity index (χ4v) is 3.33. The zero-order chi connectivity index (χ0) is 25.1. The first-order chi connectivity index (χ1) is 16.1. The minimum Gasteiger partial charge on any atom is -0.445 e. The Balaban J connectivity index is 2.33. The molecule has 9 heteroatoms. The van der Waals surface area contributed by atoms with Crippen LogP contribution in [0.25, 0.3) is 0 Å². The van der Waals surface area contributed by atoms with Gasteiger partial charge in [0.15, 0.2) is 0 Å². The second kappa shape index (κ2) is 12.6. The number of aliphatic hydroxyl groups is 1. The number of aliphatic hydroxyl groups excluding tert-OH is 1. The third kappa shape index (κ3) is 8.74.